The van der Waals surface area contributed by atoms with Gasteiger partial charge in [0.15, 0.2) is 0 Å². The van der Waals surface area contributed by atoms with E-state index in [4.69, 9.17) is 4.74 Å². The number of hydrogen-bond donors (Lipinski definition) is 1. The molecule has 0 unspecified atom stereocenters. The zero-order valence-electron chi connectivity index (χ0n) is 17.3. The molecule has 7 heteroatoms. The van der Waals surface area contributed by atoms with E-state index in [9.17, 15) is 9.59 Å². The van der Waals surface area contributed by atoms with E-state index in [2.05, 4.69) is 22.0 Å². The topological polar surface area (TPSA) is 65.1 Å². The molecule has 4 aliphatic rings. The van der Waals surface area contributed by atoms with E-state index in [-0.39, 0.29) is 11.8 Å². The minimum atomic E-state index is 0.160. The Morgan fingerprint density at radius 2 is 1.64 bits per heavy atom. The molecule has 0 aromatic heterocycles. The first kappa shape index (κ1) is 20.1. The van der Waals surface area contributed by atoms with Crippen molar-refractivity contribution >= 4 is 11.8 Å². The first-order valence-electron chi connectivity index (χ1n) is 11.2. The number of amides is 2. The lowest BCUT2D eigenvalue weighted by Crippen LogP contribution is -2.53. The monoisotopic (exact) mass is 392 g/mol. The second-order valence-electron chi connectivity index (χ2n) is 9.24. The smallest absolute Gasteiger partial charge is 0.236 e. The maximum absolute atomic E-state index is 12.5. The number of carbonyl (C=O) groups is 2. The molecule has 0 aromatic carbocycles. The van der Waals surface area contributed by atoms with Gasteiger partial charge in [-0.15, -0.1) is 0 Å². The first-order valence-corrected chi connectivity index (χ1v) is 11.2. The van der Waals surface area contributed by atoms with E-state index < -0.39 is 0 Å². The van der Waals surface area contributed by atoms with Crippen LogP contribution in [-0.2, 0) is 14.3 Å². The van der Waals surface area contributed by atoms with Crippen molar-refractivity contribution in [2.24, 2.45) is 17.8 Å². The normalized spacial score (nSPS) is 32.5. The van der Waals surface area contributed by atoms with Gasteiger partial charge in [0.1, 0.15) is 0 Å². The van der Waals surface area contributed by atoms with E-state index in [1.54, 1.807) is 0 Å². The average molecular weight is 393 g/mol. The number of morpholine rings is 1. The van der Waals surface area contributed by atoms with Crippen LogP contribution in [0.25, 0.3) is 0 Å². The molecular formula is C21H36N4O3. The van der Waals surface area contributed by atoms with Gasteiger partial charge in [-0.2, -0.15) is 0 Å². The molecule has 7 nitrogen and oxygen atoms in total. The summed E-state index contributed by atoms with van der Waals surface area (Å²) in [5.41, 5.74) is 0. The van der Waals surface area contributed by atoms with Gasteiger partial charge in [0.25, 0.3) is 0 Å². The predicted octanol–water partition coefficient (Wildman–Crippen LogP) is 0.404. The largest absolute Gasteiger partial charge is 0.378 e. The summed E-state index contributed by atoms with van der Waals surface area (Å²) in [5, 5.41) is 3.27. The second kappa shape index (κ2) is 9.09. The predicted molar refractivity (Wildman–Crippen MR) is 107 cm³/mol. The third-order valence-electron chi connectivity index (χ3n) is 7.38. The van der Waals surface area contributed by atoms with E-state index >= 15 is 0 Å². The maximum Gasteiger partial charge on any atom is 0.236 e. The lowest BCUT2D eigenvalue weighted by atomic mass is 9.84. The van der Waals surface area contributed by atoms with Gasteiger partial charge in [-0.3, -0.25) is 19.4 Å². The molecule has 1 N–H and O–H groups in total. The molecule has 2 heterocycles. The molecule has 4 rings (SSSR count). The van der Waals surface area contributed by atoms with Gasteiger partial charge in [0.2, 0.25) is 11.8 Å². The highest BCUT2D eigenvalue weighted by atomic mass is 16.5. The van der Waals surface area contributed by atoms with Gasteiger partial charge in [-0.05, 0) is 43.9 Å². The molecule has 0 aromatic rings. The molecule has 4 atom stereocenters. The summed E-state index contributed by atoms with van der Waals surface area (Å²) < 4.78 is 5.31. The molecule has 2 aliphatic heterocycles. The number of nitrogens with zero attached hydrogens (tertiary/aromatic N) is 3. The summed E-state index contributed by atoms with van der Waals surface area (Å²) in [6.45, 7) is 9.29. The Hall–Kier alpha value is -1.18. The fourth-order valence-electron chi connectivity index (χ4n) is 5.73. The zero-order valence-corrected chi connectivity index (χ0v) is 17.3. The van der Waals surface area contributed by atoms with Crippen molar-refractivity contribution in [2.45, 2.75) is 38.6 Å². The molecule has 4 fully saturated rings. The summed E-state index contributed by atoms with van der Waals surface area (Å²) in [6.07, 6.45) is 5.46. The Labute approximate surface area is 168 Å². The summed E-state index contributed by atoms with van der Waals surface area (Å²) >= 11 is 0. The van der Waals surface area contributed by atoms with Gasteiger partial charge in [-0.25, -0.2) is 0 Å². The highest BCUT2D eigenvalue weighted by molar-refractivity contribution is 5.79. The highest BCUT2D eigenvalue weighted by Crippen LogP contribution is 2.49. The van der Waals surface area contributed by atoms with Crippen molar-refractivity contribution in [1.29, 1.82) is 0 Å². The Bertz CT molecular complexity index is 558. The third-order valence-corrected chi connectivity index (χ3v) is 7.38. The van der Waals surface area contributed by atoms with Crippen molar-refractivity contribution < 1.29 is 14.3 Å². The molecule has 2 bridgehead atoms. The SMILES string of the molecule is C[C@@H](NC(=O)CN1CCN(CC(=O)N2CCOCC2)CC1)[C@@H]1C[C@H]2CC[C@H]1C2. The van der Waals surface area contributed by atoms with Gasteiger partial charge < -0.3 is 15.0 Å². The van der Waals surface area contributed by atoms with Crippen LogP contribution in [0.2, 0.25) is 0 Å². The zero-order chi connectivity index (χ0) is 19.5. The average Bonchev–Trinajstić information content (AvgIpc) is 3.34. The van der Waals surface area contributed by atoms with Gasteiger partial charge in [0, 0.05) is 45.3 Å². The quantitative estimate of drug-likeness (QED) is 0.709. The van der Waals surface area contributed by atoms with Crippen molar-refractivity contribution in [3.63, 3.8) is 0 Å². The van der Waals surface area contributed by atoms with Crippen LogP contribution in [0.4, 0.5) is 0 Å². The van der Waals surface area contributed by atoms with Gasteiger partial charge in [0.05, 0.1) is 26.3 Å². The molecule has 28 heavy (non-hydrogen) atoms. The van der Waals surface area contributed by atoms with E-state index in [0.29, 0.717) is 51.4 Å². The third kappa shape index (κ3) is 4.86. The fraction of sp³-hybridized carbons (Fsp3) is 0.905. The molecule has 0 radical (unpaired) electrons. The first-order chi connectivity index (χ1) is 13.6. The Balaban J connectivity index is 1.14. The number of piperazine rings is 1. The molecule has 2 amide bonds. The van der Waals surface area contributed by atoms with E-state index in [1.807, 2.05) is 4.90 Å². The molecule has 2 aliphatic carbocycles. The lowest BCUT2D eigenvalue weighted by Gasteiger charge is -2.36. The van der Waals surface area contributed by atoms with E-state index in [0.717, 1.165) is 38.0 Å². The van der Waals surface area contributed by atoms with E-state index in [1.165, 1.54) is 25.7 Å². The highest BCUT2D eigenvalue weighted by Gasteiger charge is 2.42. The minimum Gasteiger partial charge on any atom is -0.378 e. The lowest BCUT2D eigenvalue weighted by molar-refractivity contribution is -0.137. The van der Waals surface area contributed by atoms with Crippen molar-refractivity contribution in [2.75, 3.05) is 65.6 Å². The number of nitrogens with one attached hydrogen (secondary N) is 1. The molecule has 2 saturated carbocycles. The molecule has 2 saturated heterocycles. The van der Waals surface area contributed by atoms with Crippen LogP contribution in [0.5, 0.6) is 0 Å². The van der Waals surface area contributed by atoms with Crippen LogP contribution in [0.15, 0.2) is 0 Å². The van der Waals surface area contributed by atoms with Crippen LogP contribution >= 0.6 is 0 Å². The van der Waals surface area contributed by atoms with Gasteiger partial charge >= 0.3 is 0 Å². The Morgan fingerprint density at radius 1 is 0.964 bits per heavy atom. The van der Waals surface area contributed by atoms with Crippen LogP contribution in [0.1, 0.15) is 32.6 Å². The van der Waals surface area contributed by atoms with Crippen molar-refractivity contribution in [1.82, 2.24) is 20.0 Å². The Morgan fingerprint density at radius 3 is 2.25 bits per heavy atom. The van der Waals surface area contributed by atoms with Crippen molar-refractivity contribution in [3.8, 4) is 0 Å². The number of carbonyl (C=O) groups excluding carboxylic acids is 2. The number of ether oxygens (including phenoxy) is 1. The maximum atomic E-state index is 12.5. The van der Waals surface area contributed by atoms with Gasteiger partial charge in [-0.1, -0.05) is 6.42 Å². The molecule has 158 valence electrons. The Kier molecular flexibility index (Phi) is 6.53. The van der Waals surface area contributed by atoms with Crippen LogP contribution < -0.4 is 5.32 Å². The number of fused-ring (bicyclic) bond motifs is 2. The van der Waals surface area contributed by atoms with Crippen LogP contribution in [0, 0.1) is 17.8 Å². The summed E-state index contributed by atoms with van der Waals surface area (Å²) in [5.74, 6) is 2.81. The fourth-order valence-corrected chi connectivity index (χ4v) is 5.73. The standard InChI is InChI=1S/C21H36N4O3/c1-16(19-13-17-2-3-18(19)12-17)22-20(26)14-23-4-6-24(7-5-23)15-21(27)25-8-10-28-11-9-25/h16-19H,2-15H2,1H3,(H,22,26)/t16-,17+,18+,19+/m1/s1. The minimum absolute atomic E-state index is 0.160. The summed E-state index contributed by atoms with van der Waals surface area (Å²) in [7, 11) is 0. The van der Waals surface area contributed by atoms with Crippen LogP contribution in [0.3, 0.4) is 0 Å². The summed E-state index contributed by atoms with van der Waals surface area (Å²) in [6, 6.07) is 0.301. The number of rotatable bonds is 6. The molecule has 0 spiro atoms. The van der Waals surface area contributed by atoms with Crippen molar-refractivity contribution in [3.05, 3.63) is 0 Å². The molecular weight excluding hydrogens is 356 g/mol. The van der Waals surface area contributed by atoms with Crippen LogP contribution in [-0.4, -0.2) is 98.1 Å². The second-order valence-corrected chi connectivity index (χ2v) is 9.24. The summed E-state index contributed by atoms with van der Waals surface area (Å²) in [4.78, 5) is 31.2. The number of hydrogen-bond acceptors (Lipinski definition) is 5.